The van der Waals surface area contributed by atoms with Crippen LogP contribution in [0.25, 0.3) is 0 Å². The number of ether oxygens (including phenoxy) is 1. The van der Waals surface area contributed by atoms with Crippen molar-refractivity contribution in [2.75, 3.05) is 27.7 Å². The maximum Gasteiger partial charge on any atom is 0.251 e. The number of methoxy groups -OCH3 is 1. The summed E-state index contributed by atoms with van der Waals surface area (Å²) in [5.74, 6) is 0.775. The minimum absolute atomic E-state index is 0.00357. The van der Waals surface area contributed by atoms with Crippen LogP contribution in [0.3, 0.4) is 0 Å². The van der Waals surface area contributed by atoms with Gasteiger partial charge in [0.05, 0.1) is 27.7 Å². The van der Waals surface area contributed by atoms with Crippen molar-refractivity contribution in [3.63, 3.8) is 0 Å². The number of benzene rings is 1. The third kappa shape index (κ3) is 3.76. The lowest BCUT2D eigenvalue weighted by Gasteiger charge is -2.39. The predicted octanol–water partition coefficient (Wildman–Crippen LogP) is 1.27. The van der Waals surface area contributed by atoms with Crippen LogP contribution in [-0.4, -0.2) is 39.2 Å². The summed E-state index contributed by atoms with van der Waals surface area (Å²) in [6, 6.07) is 7.26. The average Bonchev–Trinajstić information content (AvgIpc) is 2.53. The van der Waals surface area contributed by atoms with Crippen LogP contribution in [0.5, 0.6) is 5.75 Å². The summed E-state index contributed by atoms with van der Waals surface area (Å²) in [4.78, 5) is 13.7. The first-order valence-electron chi connectivity index (χ1n) is 7.80. The van der Waals surface area contributed by atoms with Gasteiger partial charge < -0.3 is 15.0 Å². The second kappa shape index (κ2) is 6.94. The van der Waals surface area contributed by atoms with Gasteiger partial charge in [0, 0.05) is 18.4 Å². The Hall–Kier alpha value is -1.55. The van der Waals surface area contributed by atoms with Gasteiger partial charge in [-0.25, -0.2) is 0 Å². The summed E-state index contributed by atoms with van der Waals surface area (Å²) in [5, 5.41) is 3.13. The number of likely N-dealkylation sites (N-methyl/N-ethyl adjacent to an activating group) is 1. The van der Waals surface area contributed by atoms with Gasteiger partial charge in [-0.2, -0.15) is 0 Å². The molecule has 1 aromatic carbocycles. The lowest BCUT2D eigenvalue weighted by molar-refractivity contribution is -0.916. The molecule has 1 saturated carbocycles. The number of quaternary nitrogens is 1. The molecule has 2 N–H and O–H groups in total. The monoisotopic (exact) mass is 291 g/mol. The highest BCUT2D eigenvalue weighted by atomic mass is 16.5. The zero-order chi connectivity index (χ0) is 15.3. The number of carbonyl (C=O) groups excluding carboxylic acids is 1. The fourth-order valence-corrected chi connectivity index (χ4v) is 3.18. The minimum atomic E-state index is 0.00357. The van der Waals surface area contributed by atoms with E-state index in [1.807, 2.05) is 24.3 Å². The van der Waals surface area contributed by atoms with Gasteiger partial charge in [0.1, 0.15) is 11.3 Å². The molecule has 1 fully saturated rings. The molecule has 2 rings (SSSR count). The maximum absolute atomic E-state index is 12.3. The van der Waals surface area contributed by atoms with Crippen LogP contribution < -0.4 is 15.0 Å². The molecule has 1 aliphatic rings. The Morgan fingerprint density at radius 2 is 1.81 bits per heavy atom. The van der Waals surface area contributed by atoms with E-state index < -0.39 is 0 Å². The maximum atomic E-state index is 12.3. The number of hydrogen-bond donors (Lipinski definition) is 2. The molecular weight excluding hydrogens is 264 g/mol. The Bertz CT molecular complexity index is 462. The zero-order valence-electron chi connectivity index (χ0n) is 13.4. The first-order chi connectivity index (χ1) is 10.1. The predicted molar refractivity (Wildman–Crippen MR) is 84.0 cm³/mol. The lowest BCUT2D eigenvalue weighted by Crippen LogP contribution is -3.16. The zero-order valence-corrected chi connectivity index (χ0v) is 13.4. The van der Waals surface area contributed by atoms with Crippen molar-refractivity contribution >= 4 is 5.91 Å². The number of amides is 1. The van der Waals surface area contributed by atoms with E-state index in [1.54, 1.807) is 7.11 Å². The van der Waals surface area contributed by atoms with Crippen molar-refractivity contribution in [3.8, 4) is 5.75 Å². The van der Waals surface area contributed by atoms with Crippen molar-refractivity contribution in [1.82, 2.24) is 5.32 Å². The molecule has 4 nitrogen and oxygen atoms in total. The van der Waals surface area contributed by atoms with E-state index in [0.717, 1.165) is 12.3 Å². The van der Waals surface area contributed by atoms with Crippen LogP contribution in [0.4, 0.5) is 0 Å². The summed E-state index contributed by atoms with van der Waals surface area (Å²) in [6.45, 7) is 0.750. The quantitative estimate of drug-likeness (QED) is 0.858. The van der Waals surface area contributed by atoms with E-state index in [1.165, 1.54) is 37.0 Å². The van der Waals surface area contributed by atoms with Crippen LogP contribution in [0.15, 0.2) is 24.3 Å². The highest BCUT2D eigenvalue weighted by molar-refractivity contribution is 5.94. The van der Waals surface area contributed by atoms with Gasteiger partial charge in [0.15, 0.2) is 0 Å². The Labute approximate surface area is 127 Å². The molecule has 0 heterocycles. The van der Waals surface area contributed by atoms with E-state index in [-0.39, 0.29) is 11.4 Å². The molecule has 0 radical (unpaired) electrons. The SMILES string of the molecule is COc1ccc(C(=O)NCC2([NH+](C)C)CCCCC2)cc1. The van der Waals surface area contributed by atoms with Gasteiger partial charge in [-0.15, -0.1) is 0 Å². The van der Waals surface area contributed by atoms with Crippen LogP contribution in [0.2, 0.25) is 0 Å². The van der Waals surface area contributed by atoms with Gasteiger partial charge >= 0.3 is 0 Å². The van der Waals surface area contributed by atoms with Crippen molar-refractivity contribution in [1.29, 1.82) is 0 Å². The van der Waals surface area contributed by atoms with E-state index in [2.05, 4.69) is 19.4 Å². The summed E-state index contributed by atoms with van der Waals surface area (Å²) in [5.41, 5.74) is 0.885. The largest absolute Gasteiger partial charge is 0.497 e. The number of rotatable bonds is 5. The molecule has 1 aliphatic carbocycles. The summed E-state index contributed by atoms with van der Waals surface area (Å²) >= 11 is 0. The molecule has 0 bridgehead atoms. The number of carbonyl (C=O) groups is 1. The van der Waals surface area contributed by atoms with E-state index in [0.29, 0.717) is 5.56 Å². The Morgan fingerprint density at radius 1 is 1.19 bits per heavy atom. The van der Waals surface area contributed by atoms with Gasteiger partial charge in [0.25, 0.3) is 5.91 Å². The van der Waals surface area contributed by atoms with Gasteiger partial charge in [0.2, 0.25) is 0 Å². The second-order valence-corrected chi connectivity index (χ2v) is 6.25. The molecular formula is C17H27N2O2+. The molecule has 0 atom stereocenters. The van der Waals surface area contributed by atoms with Gasteiger partial charge in [-0.1, -0.05) is 6.42 Å². The molecule has 0 spiro atoms. The Balaban J connectivity index is 1.98. The molecule has 0 aromatic heterocycles. The van der Waals surface area contributed by atoms with E-state index in [4.69, 9.17) is 4.74 Å². The van der Waals surface area contributed by atoms with Crippen molar-refractivity contribution < 1.29 is 14.4 Å². The van der Waals surface area contributed by atoms with Crippen LogP contribution in [0, 0.1) is 0 Å². The van der Waals surface area contributed by atoms with Crippen LogP contribution in [0.1, 0.15) is 42.5 Å². The minimum Gasteiger partial charge on any atom is -0.497 e. The molecule has 1 aromatic rings. The lowest BCUT2D eigenvalue weighted by atomic mass is 9.80. The Morgan fingerprint density at radius 3 is 2.33 bits per heavy atom. The molecule has 116 valence electrons. The third-order valence-corrected chi connectivity index (χ3v) is 4.81. The molecule has 4 heteroatoms. The Kier molecular flexibility index (Phi) is 5.23. The van der Waals surface area contributed by atoms with Gasteiger partial charge in [-0.05, 0) is 37.1 Å². The van der Waals surface area contributed by atoms with E-state index in [9.17, 15) is 4.79 Å². The first-order valence-corrected chi connectivity index (χ1v) is 7.80. The summed E-state index contributed by atoms with van der Waals surface area (Å²) in [6.07, 6.45) is 6.24. The standard InChI is InChI=1S/C17H26N2O2/c1-19(2)17(11-5-4-6-12-17)13-18-16(20)14-7-9-15(21-3)10-8-14/h7-10H,4-6,11-13H2,1-3H3,(H,18,20)/p+1. The van der Waals surface area contributed by atoms with Gasteiger partial charge in [-0.3, -0.25) is 4.79 Å². The second-order valence-electron chi connectivity index (χ2n) is 6.25. The molecule has 0 aliphatic heterocycles. The number of hydrogen-bond acceptors (Lipinski definition) is 2. The van der Waals surface area contributed by atoms with Crippen molar-refractivity contribution in [2.45, 2.75) is 37.6 Å². The number of nitrogens with one attached hydrogen (secondary N) is 2. The fourth-order valence-electron chi connectivity index (χ4n) is 3.18. The average molecular weight is 291 g/mol. The third-order valence-electron chi connectivity index (χ3n) is 4.81. The van der Waals surface area contributed by atoms with Crippen LogP contribution in [-0.2, 0) is 0 Å². The highest BCUT2D eigenvalue weighted by Crippen LogP contribution is 2.25. The fraction of sp³-hybridized carbons (Fsp3) is 0.588. The van der Waals surface area contributed by atoms with Crippen molar-refractivity contribution in [2.24, 2.45) is 0 Å². The molecule has 21 heavy (non-hydrogen) atoms. The highest BCUT2D eigenvalue weighted by Gasteiger charge is 2.38. The summed E-state index contributed by atoms with van der Waals surface area (Å²) < 4.78 is 5.12. The first kappa shape index (κ1) is 15.8. The smallest absolute Gasteiger partial charge is 0.251 e. The van der Waals surface area contributed by atoms with E-state index >= 15 is 0 Å². The molecule has 1 amide bonds. The normalized spacial score (nSPS) is 17.5. The summed E-state index contributed by atoms with van der Waals surface area (Å²) in [7, 11) is 6.03. The molecule has 0 saturated heterocycles. The molecule has 0 unspecified atom stereocenters. The van der Waals surface area contributed by atoms with Crippen molar-refractivity contribution in [3.05, 3.63) is 29.8 Å². The van der Waals surface area contributed by atoms with Crippen LogP contribution >= 0.6 is 0 Å². The topological polar surface area (TPSA) is 42.8 Å².